The normalized spacial score (nSPS) is 15.4. The first kappa shape index (κ1) is 17.6. The molecular weight excluding hydrogens is 323 g/mol. The summed E-state index contributed by atoms with van der Waals surface area (Å²) in [5.74, 6) is -0.0763. The van der Waals surface area contributed by atoms with Crippen LogP contribution in [0.25, 0.3) is 11.3 Å². The summed E-state index contributed by atoms with van der Waals surface area (Å²) >= 11 is 0. The van der Waals surface area contributed by atoms with E-state index < -0.39 is 5.41 Å². The molecule has 0 aliphatic heterocycles. The first-order chi connectivity index (χ1) is 12.0. The highest BCUT2D eigenvalue weighted by Gasteiger charge is 2.53. The Morgan fingerprint density at radius 2 is 2.16 bits per heavy atom. The van der Waals surface area contributed by atoms with Crippen molar-refractivity contribution in [1.29, 1.82) is 0 Å². The number of ether oxygens (including phenoxy) is 1. The maximum absolute atomic E-state index is 13.9. The van der Waals surface area contributed by atoms with Gasteiger partial charge in [0.15, 0.2) is 5.76 Å². The molecule has 5 nitrogen and oxygen atoms in total. The van der Waals surface area contributed by atoms with Gasteiger partial charge in [0, 0.05) is 19.2 Å². The van der Waals surface area contributed by atoms with Gasteiger partial charge >= 0.3 is 0 Å². The number of hydrogen-bond donors (Lipinski definition) is 1. The second kappa shape index (κ2) is 7.35. The van der Waals surface area contributed by atoms with Gasteiger partial charge < -0.3 is 14.6 Å². The number of aromatic nitrogens is 1. The maximum atomic E-state index is 13.9. The zero-order chi connectivity index (χ0) is 17.9. The van der Waals surface area contributed by atoms with Crippen LogP contribution in [0.2, 0.25) is 0 Å². The zero-order valence-electron chi connectivity index (χ0n) is 14.5. The summed E-state index contributed by atoms with van der Waals surface area (Å²) in [6.07, 6.45) is 2.41. The number of amides is 1. The number of nitrogens with one attached hydrogen (secondary N) is 1. The molecule has 0 radical (unpaired) electrons. The largest absolute Gasteiger partial charge is 0.379 e. The third kappa shape index (κ3) is 3.90. The summed E-state index contributed by atoms with van der Waals surface area (Å²) in [5.41, 5.74) is 0.288. The van der Waals surface area contributed by atoms with E-state index in [1.165, 1.54) is 6.07 Å². The number of nitrogens with zero attached hydrogens (tertiary/aromatic N) is 1. The van der Waals surface area contributed by atoms with Crippen LogP contribution in [-0.2, 0) is 14.9 Å². The van der Waals surface area contributed by atoms with E-state index in [1.54, 1.807) is 24.3 Å². The Bertz CT molecular complexity index is 738. The lowest BCUT2D eigenvalue weighted by molar-refractivity contribution is -0.123. The van der Waals surface area contributed by atoms with Crippen molar-refractivity contribution in [1.82, 2.24) is 10.5 Å². The average Bonchev–Trinajstić information content (AvgIpc) is 3.25. The minimum absolute atomic E-state index is 0.0505. The standard InChI is InChI=1S/C19H23FN2O3/c1-13(2)24-11-5-10-21-18(23)19(8-9-19)17-12-16(25-22-17)14-6-3-4-7-15(14)20/h3-4,6-7,12-13H,5,8-11H2,1-2H3,(H,21,23). The molecule has 1 fully saturated rings. The quantitative estimate of drug-likeness (QED) is 0.744. The molecule has 1 aliphatic carbocycles. The summed E-state index contributed by atoms with van der Waals surface area (Å²) < 4.78 is 24.6. The molecule has 0 spiro atoms. The van der Waals surface area contributed by atoms with Crippen LogP contribution >= 0.6 is 0 Å². The number of rotatable bonds is 8. The van der Waals surface area contributed by atoms with E-state index in [-0.39, 0.29) is 17.8 Å². The fraction of sp³-hybridized carbons (Fsp3) is 0.474. The van der Waals surface area contributed by atoms with E-state index in [4.69, 9.17) is 9.26 Å². The summed E-state index contributed by atoms with van der Waals surface area (Å²) in [5, 5.41) is 6.97. The van der Waals surface area contributed by atoms with Crippen molar-refractivity contribution < 1.29 is 18.4 Å². The summed E-state index contributed by atoms with van der Waals surface area (Å²) in [7, 11) is 0. The van der Waals surface area contributed by atoms with E-state index in [1.807, 2.05) is 13.8 Å². The van der Waals surface area contributed by atoms with Gasteiger partial charge in [-0.1, -0.05) is 17.3 Å². The summed E-state index contributed by atoms with van der Waals surface area (Å²) in [4.78, 5) is 12.5. The minimum Gasteiger partial charge on any atom is -0.379 e. The lowest BCUT2D eigenvalue weighted by atomic mass is 10.00. The predicted octanol–water partition coefficient (Wildman–Crippen LogP) is 3.44. The monoisotopic (exact) mass is 346 g/mol. The SMILES string of the molecule is CC(C)OCCCNC(=O)C1(c2cc(-c3ccccc3F)on2)CC1. The molecule has 1 amide bonds. The number of hydrogen-bond acceptors (Lipinski definition) is 4. The van der Waals surface area contributed by atoms with E-state index in [0.717, 1.165) is 19.3 Å². The molecule has 6 heteroatoms. The number of halogens is 1. The maximum Gasteiger partial charge on any atom is 0.232 e. The van der Waals surface area contributed by atoms with Crippen molar-refractivity contribution in [2.75, 3.05) is 13.2 Å². The third-order valence-corrected chi connectivity index (χ3v) is 4.38. The third-order valence-electron chi connectivity index (χ3n) is 4.38. The van der Waals surface area contributed by atoms with Crippen LogP contribution in [0, 0.1) is 5.82 Å². The van der Waals surface area contributed by atoms with Gasteiger partial charge in [0.1, 0.15) is 5.82 Å². The molecule has 0 atom stereocenters. The summed E-state index contributed by atoms with van der Waals surface area (Å²) in [6.45, 7) is 5.14. The van der Waals surface area contributed by atoms with Crippen LogP contribution in [0.4, 0.5) is 4.39 Å². The Balaban J connectivity index is 1.62. The molecule has 25 heavy (non-hydrogen) atoms. The van der Waals surface area contributed by atoms with Gasteiger partial charge in [-0.25, -0.2) is 4.39 Å². The molecule has 0 saturated heterocycles. The molecule has 1 heterocycles. The highest BCUT2D eigenvalue weighted by molar-refractivity contribution is 5.91. The number of carbonyl (C=O) groups excluding carboxylic acids is 1. The molecule has 134 valence electrons. The van der Waals surface area contributed by atoms with Crippen molar-refractivity contribution in [2.45, 2.75) is 44.6 Å². The fourth-order valence-corrected chi connectivity index (χ4v) is 2.78. The first-order valence-corrected chi connectivity index (χ1v) is 8.65. The molecule has 1 saturated carbocycles. The van der Waals surface area contributed by atoms with Crippen molar-refractivity contribution in [3.8, 4) is 11.3 Å². The van der Waals surface area contributed by atoms with Gasteiger partial charge in [-0.05, 0) is 45.2 Å². The molecule has 2 aromatic rings. The topological polar surface area (TPSA) is 64.4 Å². The fourth-order valence-electron chi connectivity index (χ4n) is 2.78. The van der Waals surface area contributed by atoms with E-state index in [2.05, 4.69) is 10.5 Å². The highest BCUT2D eigenvalue weighted by Crippen LogP contribution is 2.48. The minimum atomic E-state index is -0.633. The van der Waals surface area contributed by atoms with Gasteiger partial charge in [0.05, 0.1) is 22.8 Å². The average molecular weight is 346 g/mol. The van der Waals surface area contributed by atoms with Gasteiger partial charge in [-0.3, -0.25) is 4.79 Å². The van der Waals surface area contributed by atoms with E-state index in [9.17, 15) is 9.18 Å². The first-order valence-electron chi connectivity index (χ1n) is 8.65. The van der Waals surface area contributed by atoms with Crippen molar-refractivity contribution in [3.63, 3.8) is 0 Å². The Morgan fingerprint density at radius 3 is 2.84 bits per heavy atom. The molecule has 1 aliphatic rings. The lowest BCUT2D eigenvalue weighted by Crippen LogP contribution is -2.35. The molecule has 3 rings (SSSR count). The van der Waals surface area contributed by atoms with Crippen LogP contribution in [0.15, 0.2) is 34.9 Å². The molecule has 0 unspecified atom stereocenters. The van der Waals surface area contributed by atoms with Crippen LogP contribution in [0.1, 0.15) is 38.8 Å². The van der Waals surface area contributed by atoms with Gasteiger partial charge in [0.2, 0.25) is 5.91 Å². The van der Waals surface area contributed by atoms with Gasteiger partial charge in [-0.2, -0.15) is 0 Å². The van der Waals surface area contributed by atoms with Crippen molar-refractivity contribution >= 4 is 5.91 Å². The Hall–Kier alpha value is -2.21. The predicted molar refractivity (Wildman–Crippen MR) is 91.5 cm³/mol. The van der Waals surface area contributed by atoms with Crippen molar-refractivity contribution in [2.24, 2.45) is 0 Å². The molecule has 1 aromatic carbocycles. The van der Waals surface area contributed by atoms with Crippen LogP contribution in [-0.4, -0.2) is 30.3 Å². The Labute approximate surface area is 146 Å². The second-order valence-corrected chi connectivity index (χ2v) is 6.67. The second-order valence-electron chi connectivity index (χ2n) is 6.67. The van der Waals surface area contributed by atoms with Crippen molar-refractivity contribution in [3.05, 3.63) is 41.8 Å². The number of benzene rings is 1. The molecule has 1 N–H and O–H groups in total. The van der Waals surface area contributed by atoms with E-state index >= 15 is 0 Å². The molecule has 1 aromatic heterocycles. The summed E-state index contributed by atoms with van der Waals surface area (Å²) in [6, 6.07) is 8.03. The van der Waals surface area contributed by atoms with E-state index in [0.29, 0.717) is 30.2 Å². The Morgan fingerprint density at radius 1 is 1.40 bits per heavy atom. The number of carbonyl (C=O) groups is 1. The highest BCUT2D eigenvalue weighted by atomic mass is 19.1. The van der Waals surface area contributed by atoms with Crippen LogP contribution in [0.3, 0.4) is 0 Å². The smallest absolute Gasteiger partial charge is 0.232 e. The zero-order valence-corrected chi connectivity index (χ0v) is 14.5. The van der Waals surface area contributed by atoms with Crippen LogP contribution < -0.4 is 5.32 Å². The molecule has 0 bridgehead atoms. The van der Waals surface area contributed by atoms with Crippen LogP contribution in [0.5, 0.6) is 0 Å². The van der Waals surface area contributed by atoms with Gasteiger partial charge in [-0.15, -0.1) is 0 Å². The molecular formula is C19H23FN2O3. The lowest BCUT2D eigenvalue weighted by Gasteiger charge is -2.13. The van der Waals surface area contributed by atoms with Gasteiger partial charge in [0.25, 0.3) is 0 Å². The Kier molecular flexibility index (Phi) is 5.18.